The molecule has 0 unspecified atom stereocenters. The van der Waals surface area contributed by atoms with Gasteiger partial charge in [-0.1, -0.05) is 5.21 Å². The zero-order valence-electron chi connectivity index (χ0n) is 12.3. The summed E-state index contributed by atoms with van der Waals surface area (Å²) in [6, 6.07) is 3.75. The Hall–Kier alpha value is -1.66. The van der Waals surface area contributed by atoms with E-state index in [1.807, 2.05) is 18.3 Å². The van der Waals surface area contributed by atoms with Gasteiger partial charge in [-0.15, -0.1) is 5.10 Å². The highest BCUT2D eigenvalue weighted by Gasteiger charge is 2.10. The molecule has 2 aromatic heterocycles. The maximum absolute atomic E-state index is 5.51. The molecule has 0 aromatic carbocycles. The van der Waals surface area contributed by atoms with Crippen LogP contribution >= 0.6 is 0 Å². The van der Waals surface area contributed by atoms with Crippen LogP contribution in [-0.2, 0) is 24.4 Å². The van der Waals surface area contributed by atoms with Gasteiger partial charge in [0.1, 0.15) is 12.4 Å². The fraction of sp³-hybridized carbons (Fsp3) is 0.571. The summed E-state index contributed by atoms with van der Waals surface area (Å²) in [7, 11) is 0. The third-order valence-corrected chi connectivity index (χ3v) is 2.68. The number of hydrogen-bond donors (Lipinski definition) is 1. The van der Waals surface area contributed by atoms with E-state index in [0.717, 1.165) is 18.0 Å². The van der Waals surface area contributed by atoms with Crippen molar-refractivity contribution in [1.82, 2.24) is 20.3 Å². The molecule has 0 aliphatic carbocycles. The van der Waals surface area contributed by atoms with Crippen LogP contribution in [0.25, 0.3) is 0 Å². The van der Waals surface area contributed by atoms with E-state index in [-0.39, 0.29) is 5.54 Å². The Morgan fingerprint density at radius 2 is 2.25 bits per heavy atom. The molecule has 110 valence electrons. The van der Waals surface area contributed by atoms with Crippen molar-refractivity contribution < 1.29 is 9.15 Å². The van der Waals surface area contributed by atoms with Gasteiger partial charge in [0.2, 0.25) is 0 Å². The molecule has 6 heteroatoms. The van der Waals surface area contributed by atoms with E-state index in [1.54, 1.807) is 10.9 Å². The van der Waals surface area contributed by atoms with Crippen molar-refractivity contribution in [2.24, 2.45) is 0 Å². The van der Waals surface area contributed by atoms with Crippen LogP contribution in [0.2, 0.25) is 0 Å². The summed E-state index contributed by atoms with van der Waals surface area (Å²) in [5.74, 6) is 0.832. The third kappa shape index (κ3) is 5.14. The topological polar surface area (TPSA) is 65.1 Å². The van der Waals surface area contributed by atoms with Gasteiger partial charge in [0.15, 0.2) is 0 Å². The molecule has 1 N–H and O–H groups in total. The zero-order chi connectivity index (χ0) is 14.4. The molecule has 0 saturated heterocycles. The van der Waals surface area contributed by atoms with E-state index in [9.17, 15) is 0 Å². The Balaban J connectivity index is 1.67. The van der Waals surface area contributed by atoms with Crippen molar-refractivity contribution in [3.63, 3.8) is 0 Å². The van der Waals surface area contributed by atoms with Crippen LogP contribution in [-0.4, -0.2) is 27.1 Å². The largest absolute Gasteiger partial charge is 0.467 e. The van der Waals surface area contributed by atoms with Gasteiger partial charge in [0, 0.05) is 18.3 Å². The first-order valence-corrected chi connectivity index (χ1v) is 6.77. The summed E-state index contributed by atoms with van der Waals surface area (Å²) in [4.78, 5) is 0. The Labute approximate surface area is 119 Å². The molecule has 0 spiro atoms. The minimum Gasteiger partial charge on any atom is -0.467 e. The lowest BCUT2D eigenvalue weighted by atomic mass is 10.1. The summed E-state index contributed by atoms with van der Waals surface area (Å²) in [5.41, 5.74) is 1.02. The minimum atomic E-state index is 0.0793. The fourth-order valence-electron chi connectivity index (χ4n) is 1.61. The summed E-state index contributed by atoms with van der Waals surface area (Å²) < 4.78 is 12.5. The number of furan rings is 1. The lowest BCUT2D eigenvalue weighted by Gasteiger charge is -2.19. The molecule has 0 radical (unpaired) electrons. The number of ether oxygens (including phenoxy) is 1. The van der Waals surface area contributed by atoms with Gasteiger partial charge in [-0.25, -0.2) is 4.68 Å². The molecular weight excluding hydrogens is 256 g/mol. The van der Waals surface area contributed by atoms with E-state index in [4.69, 9.17) is 9.15 Å². The first kappa shape index (κ1) is 14.7. The van der Waals surface area contributed by atoms with Gasteiger partial charge in [-0.2, -0.15) is 0 Å². The predicted octanol–water partition coefficient (Wildman–Crippen LogP) is 1.98. The normalized spacial score (nSPS) is 11.9. The highest BCUT2D eigenvalue weighted by molar-refractivity contribution is 4.96. The maximum atomic E-state index is 5.51. The number of nitrogens with zero attached hydrogens (tertiary/aromatic N) is 3. The number of hydrogen-bond acceptors (Lipinski definition) is 5. The molecule has 0 fully saturated rings. The van der Waals surface area contributed by atoms with Crippen molar-refractivity contribution in [3.8, 4) is 0 Å². The Bertz CT molecular complexity index is 499. The standard InChI is InChI=1S/C14H22N4O2/c1-14(2,3)15-9-12-10-18(17-16-12)6-8-19-11-13-5-4-7-20-13/h4-5,7,10,15H,6,8-9,11H2,1-3H3. The van der Waals surface area contributed by atoms with Gasteiger partial charge in [-0.3, -0.25) is 0 Å². The Kier molecular flexibility index (Phi) is 4.92. The van der Waals surface area contributed by atoms with Crippen molar-refractivity contribution in [2.45, 2.75) is 46.0 Å². The molecule has 2 rings (SSSR count). The first-order valence-electron chi connectivity index (χ1n) is 6.77. The van der Waals surface area contributed by atoms with Crippen molar-refractivity contribution >= 4 is 0 Å². The average Bonchev–Trinajstić information content (AvgIpc) is 3.03. The number of nitrogens with one attached hydrogen (secondary N) is 1. The molecule has 0 aliphatic heterocycles. The smallest absolute Gasteiger partial charge is 0.129 e. The summed E-state index contributed by atoms with van der Waals surface area (Å²) in [5, 5.41) is 11.6. The molecule has 0 saturated carbocycles. The molecular formula is C14H22N4O2. The van der Waals surface area contributed by atoms with Crippen molar-refractivity contribution in [3.05, 3.63) is 36.0 Å². The maximum Gasteiger partial charge on any atom is 0.129 e. The molecule has 0 bridgehead atoms. The molecule has 20 heavy (non-hydrogen) atoms. The minimum absolute atomic E-state index is 0.0793. The van der Waals surface area contributed by atoms with Crippen LogP contribution in [0.5, 0.6) is 0 Å². The first-order chi connectivity index (χ1) is 9.53. The molecule has 0 atom stereocenters. The molecule has 2 aromatic rings. The number of aromatic nitrogens is 3. The van der Waals surface area contributed by atoms with Gasteiger partial charge in [-0.05, 0) is 32.9 Å². The predicted molar refractivity (Wildman–Crippen MR) is 75.0 cm³/mol. The monoisotopic (exact) mass is 278 g/mol. The van der Waals surface area contributed by atoms with Crippen LogP contribution in [0.15, 0.2) is 29.0 Å². The third-order valence-electron chi connectivity index (χ3n) is 2.68. The van der Waals surface area contributed by atoms with Gasteiger partial charge in [0.05, 0.1) is 25.1 Å². The second-order valence-electron chi connectivity index (χ2n) is 5.71. The fourth-order valence-corrected chi connectivity index (χ4v) is 1.61. The SMILES string of the molecule is CC(C)(C)NCc1cn(CCOCc2ccco2)nn1. The van der Waals surface area contributed by atoms with Gasteiger partial charge < -0.3 is 14.5 Å². The molecule has 0 aliphatic rings. The zero-order valence-corrected chi connectivity index (χ0v) is 12.3. The van der Waals surface area contributed by atoms with E-state index < -0.39 is 0 Å². The quantitative estimate of drug-likeness (QED) is 0.784. The van der Waals surface area contributed by atoms with Crippen LogP contribution in [0.1, 0.15) is 32.2 Å². The van der Waals surface area contributed by atoms with E-state index in [2.05, 4.69) is 36.4 Å². The van der Waals surface area contributed by atoms with Crippen LogP contribution in [0.3, 0.4) is 0 Å². The second kappa shape index (κ2) is 6.67. The Morgan fingerprint density at radius 3 is 2.95 bits per heavy atom. The molecule has 0 amide bonds. The lowest BCUT2D eigenvalue weighted by Crippen LogP contribution is -2.35. The Morgan fingerprint density at radius 1 is 1.40 bits per heavy atom. The summed E-state index contributed by atoms with van der Waals surface area (Å²) in [6.07, 6.45) is 3.58. The van der Waals surface area contributed by atoms with Crippen molar-refractivity contribution in [2.75, 3.05) is 6.61 Å². The van der Waals surface area contributed by atoms with Crippen LogP contribution in [0.4, 0.5) is 0 Å². The van der Waals surface area contributed by atoms with Gasteiger partial charge >= 0.3 is 0 Å². The molecule has 2 heterocycles. The average molecular weight is 278 g/mol. The van der Waals surface area contributed by atoms with E-state index in [1.165, 1.54) is 0 Å². The molecule has 6 nitrogen and oxygen atoms in total. The highest BCUT2D eigenvalue weighted by Crippen LogP contribution is 2.03. The highest BCUT2D eigenvalue weighted by atomic mass is 16.5. The summed E-state index contributed by atoms with van der Waals surface area (Å²) >= 11 is 0. The number of rotatable bonds is 7. The lowest BCUT2D eigenvalue weighted by molar-refractivity contribution is 0.0967. The van der Waals surface area contributed by atoms with Crippen LogP contribution in [0, 0.1) is 0 Å². The van der Waals surface area contributed by atoms with E-state index in [0.29, 0.717) is 19.8 Å². The van der Waals surface area contributed by atoms with E-state index >= 15 is 0 Å². The second-order valence-corrected chi connectivity index (χ2v) is 5.71. The summed E-state index contributed by atoms with van der Waals surface area (Å²) in [6.45, 7) is 8.84. The van der Waals surface area contributed by atoms with Gasteiger partial charge in [0.25, 0.3) is 0 Å². The van der Waals surface area contributed by atoms with Crippen molar-refractivity contribution in [1.29, 1.82) is 0 Å². The van der Waals surface area contributed by atoms with Crippen LogP contribution < -0.4 is 5.32 Å².